The predicted octanol–water partition coefficient (Wildman–Crippen LogP) is 2.07. The van der Waals surface area contributed by atoms with Gasteiger partial charge in [0.25, 0.3) is 5.91 Å². The van der Waals surface area contributed by atoms with E-state index in [1.165, 1.54) is 0 Å². The van der Waals surface area contributed by atoms with Crippen LogP contribution < -0.4 is 0 Å². The number of hydrogen-bond donors (Lipinski definition) is 1. The van der Waals surface area contributed by atoms with E-state index in [2.05, 4.69) is 9.97 Å². The second-order valence-electron chi connectivity index (χ2n) is 4.58. The lowest BCUT2D eigenvalue weighted by molar-refractivity contribution is 0.0706. The zero-order chi connectivity index (χ0) is 15.2. The van der Waals surface area contributed by atoms with Crippen molar-refractivity contribution in [2.75, 3.05) is 13.2 Å². The number of halogens is 1. The number of carbonyl (C=O) groups excluding carboxylic acids is 1. The third kappa shape index (κ3) is 4.00. The minimum absolute atomic E-state index is 0.105. The lowest BCUT2D eigenvalue weighted by Crippen LogP contribution is -2.33. The summed E-state index contributed by atoms with van der Waals surface area (Å²) in [7, 11) is 0. The lowest BCUT2D eigenvalue weighted by Gasteiger charge is -2.22. The van der Waals surface area contributed by atoms with Gasteiger partial charge in [0.15, 0.2) is 0 Å². The van der Waals surface area contributed by atoms with Gasteiger partial charge in [0.2, 0.25) is 0 Å². The molecule has 0 saturated heterocycles. The second kappa shape index (κ2) is 7.15. The Morgan fingerprint density at radius 3 is 2.81 bits per heavy atom. The molecule has 21 heavy (non-hydrogen) atoms. The number of amides is 1. The largest absolute Gasteiger partial charge is 0.395 e. The van der Waals surface area contributed by atoms with Gasteiger partial charge in [-0.15, -0.1) is 0 Å². The molecule has 0 fully saturated rings. The molecule has 0 unspecified atom stereocenters. The molecule has 0 aromatic carbocycles. The summed E-state index contributed by atoms with van der Waals surface area (Å²) < 4.78 is 0. The van der Waals surface area contributed by atoms with E-state index < -0.39 is 0 Å². The molecule has 0 aliphatic heterocycles. The first-order valence-corrected chi connectivity index (χ1v) is 6.92. The number of rotatable bonds is 5. The Bertz CT molecular complexity index is 620. The topological polar surface area (TPSA) is 66.3 Å². The number of nitrogens with zero attached hydrogens (tertiary/aromatic N) is 3. The Morgan fingerprint density at radius 2 is 2.19 bits per heavy atom. The van der Waals surface area contributed by atoms with Gasteiger partial charge in [-0.3, -0.25) is 9.78 Å². The number of aryl methyl sites for hydroxylation is 1. The molecule has 2 aromatic rings. The number of hydrogen-bond acceptors (Lipinski definition) is 4. The summed E-state index contributed by atoms with van der Waals surface area (Å²) in [5, 5.41) is 9.53. The fourth-order valence-corrected chi connectivity index (χ4v) is 2.20. The fraction of sp³-hybridized carbons (Fsp3) is 0.267. The smallest absolute Gasteiger partial charge is 0.256 e. The highest BCUT2D eigenvalue weighted by atomic mass is 35.5. The molecule has 1 amide bonds. The second-order valence-corrected chi connectivity index (χ2v) is 4.97. The summed E-state index contributed by atoms with van der Waals surface area (Å²) in [6.45, 7) is 2.26. The Labute approximate surface area is 128 Å². The van der Waals surface area contributed by atoms with Crippen LogP contribution in [0.25, 0.3) is 0 Å². The van der Waals surface area contributed by atoms with E-state index in [1.807, 2.05) is 12.1 Å². The average molecular weight is 306 g/mol. The number of aliphatic hydroxyl groups is 1. The van der Waals surface area contributed by atoms with Gasteiger partial charge in [-0.25, -0.2) is 4.98 Å². The number of pyridine rings is 2. The highest BCUT2D eigenvalue weighted by Gasteiger charge is 2.18. The minimum Gasteiger partial charge on any atom is -0.395 e. The summed E-state index contributed by atoms with van der Waals surface area (Å²) in [4.78, 5) is 22.3. The van der Waals surface area contributed by atoms with E-state index >= 15 is 0 Å². The summed E-state index contributed by atoms with van der Waals surface area (Å²) in [6, 6.07) is 6.94. The number of carbonyl (C=O) groups is 1. The summed E-state index contributed by atoms with van der Waals surface area (Å²) >= 11 is 5.81. The highest BCUT2D eigenvalue weighted by Crippen LogP contribution is 2.14. The maximum absolute atomic E-state index is 12.6. The van der Waals surface area contributed by atoms with Crippen molar-refractivity contribution < 1.29 is 9.90 Å². The van der Waals surface area contributed by atoms with Crippen LogP contribution in [-0.4, -0.2) is 39.0 Å². The summed E-state index contributed by atoms with van der Waals surface area (Å²) in [5.74, 6) is -0.186. The molecule has 0 atom stereocenters. The van der Waals surface area contributed by atoms with Gasteiger partial charge < -0.3 is 10.0 Å². The summed E-state index contributed by atoms with van der Waals surface area (Å²) in [5.41, 5.74) is 1.96. The normalized spacial score (nSPS) is 10.4. The molecular formula is C15H16ClN3O2. The van der Waals surface area contributed by atoms with Gasteiger partial charge in [0.05, 0.1) is 17.9 Å². The molecule has 0 spiro atoms. The molecule has 0 bridgehead atoms. The van der Waals surface area contributed by atoms with Gasteiger partial charge in [-0.2, -0.15) is 0 Å². The third-order valence-corrected chi connectivity index (χ3v) is 3.25. The van der Waals surface area contributed by atoms with Gasteiger partial charge >= 0.3 is 0 Å². The standard InChI is InChI=1S/C15H16ClN3O2/c1-11-13(4-5-14(16)18-11)15(21)19(7-8-20)10-12-3-2-6-17-9-12/h2-6,9,20H,7-8,10H2,1H3. The van der Waals surface area contributed by atoms with Gasteiger partial charge in [0.1, 0.15) is 5.15 Å². The van der Waals surface area contributed by atoms with Crippen LogP contribution in [0.5, 0.6) is 0 Å². The van der Waals surface area contributed by atoms with Crippen LogP contribution in [0.3, 0.4) is 0 Å². The van der Waals surface area contributed by atoms with Crippen LogP contribution in [0.2, 0.25) is 5.15 Å². The van der Waals surface area contributed by atoms with Crippen molar-refractivity contribution in [2.24, 2.45) is 0 Å². The molecule has 2 aromatic heterocycles. The molecular weight excluding hydrogens is 290 g/mol. The fourth-order valence-electron chi connectivity index (χ4n) is 2.01. The highest BCUT2D eigenvalue weighted by molar-refractivity contribution is 6.29. The van der Waals surface area contributed by atoms with Gasteiger partial charge in [0, 0.05) is 25.5 Å². The predicted molar refractivity (Wildman–Crippen MR) is 80.0 cm³/mol. The van der Waals surface area contributed by atoms with Crippen LogP contribution in [0.4, 0.5) is 0 Å². The van der Waals surface area contributed by atoms with E-state index in [9.17, 15) is 9.90 Å². The lowest BCUT2D eigenvalue weighted by atomic mass is 10.1. The van der Waals surface area contributed by atoms with E-state index in [-0.39, 0.29) is 19.1 Å². The number of aliphatic hydroxyl groups excluding tert-OH is 1. The zero-order valence-corrected chi connectivity index (χ0v) is 12.4. The van der Waals surface area contributed by atoms with E-state index in [4.69, 9.17) is 11.6 Å². The van der Waals surface area contributed by atoms with Gasteiger partial charge in [-0.05, 0) is 30.7 Å². The average Bonchev–Trinajstić information content (AvgIpc) is 2.47. The molecule has 1 N–H and O–H groups in total. The maximum atomic E-state index is 12.6. The molecule has 110 valence electrons. The van der Waals surface area contributed by atoms with Crippen LogP contribution in [0.1, 0.15) is 21.6 Å². The van der Waals surface area contributed by atoms with Crippen molar-refractivity contribution in [1.82, 2.24) is 14.9 Å². The first kappa shape index (κ1) is 15.4. The Balaban J connectivity index is 2.23. The van der Waals surface area contributed by atoms with Crippen LogP contribution in [-0.2, 0) is 6.54 Å². The van der Waals surface area contributed by atoms with Crippen molar-refractivity contribution >= 4 is 17.5 Å². The molecule has 6 heteroatoms. The van der Waals surface area contributed by atoms with Crippen molar-refractivity contribution in [1.29, 1.82) is 0 Å². The Morgan fingerprint density at radius 1 is 1.38 bits per heavy atom. The zero-order valence-electron chi connectivity index (χ0n) is 11.7. The SMILES string of the molecule is Cc1nc(Cl)ccc1C(=O)N(CCO)Cc1cccnc1. The Hall–Kier alpha value is -1.98. The van der Waals surface area contributed by atoms with Crippen molar-refractivity contribution in [2.45, 2.75) is 13.5 Å². The minimum atomic E-state index is -0.186. The molecule has 0 radical (unpaired) electrons. The third-order valence-electron chi connectivity index (χ3n) is 3.04. The molecule has 2 rings (SSSR count). The quantitative estimate of drug-likeness (QED) is 0.859. The van der Waals surface area contributed by atoms with E-state index in [0.29, 0.717) is 23.0 Å². The molecule has 5 nitrogen and oxygen atoms in total. The monoisotopic (exact) mass is 305 g/mol. The molecule has 0 aliphatic rings. The molecule has 0 saturated carbocycles. The molecule has 0 aliphatic carbocycles. The van der Waals surface area contributed by atoms with Crippen LogP contribution in [0.15, 0.2) is 36.7 Å². The first-order chi connectivity index (χ1) is 10.1. The summed E-state index contributed by atoms with van der Waals surface area (Å²) in [6.07, 6.45) is 3.37. The van der Waals surface area contributed by atoms with E-state index in [0.717, 1.165) is 5.56 Å². The van der Waals surface area contributed by atoms with Crippen molar-refractivity contribution in [3.05, 3.63) is 58.6 Å². The molecule has 2 heterocycles. The van der Waals surface area contributed by atoms with Gasteiger partial charge in [-0.1, -0.05) is 17.7 Å². The first-order valence-electron chi connectivity index (χ1n) is 6.54. The van der Waals surface area contributed by atoms with Crippen molar-refractivity contribution in [3.8, 4) is 0 Å². The van der Waals surface area contributed by atoms with Crippen molar-refractivity contribution in [3.63, 3.8) is 0 Å². The number of aromatic nitrogens is 2. The Kier molecular flexibility index (Phi) is 5.25. The van der Waals surface area contributed by atoms with Crippen LogP contribution in [0, 0.1) is 6.92 Å². The van der Waals surface area contributed by atoms with E-state index in [1.54, 1.807) is 36.4 Å². The van der Waals surface area contributed by atoms with Crippen LogP contribution >= 0.6 is 11.6 Å². The maximum Gasteiger partial charge on any atom is 0.256 e.